The summed E-state index contributed by atoms with van der Waals surface area (Å²) in [5.41, 5.74) is 0. The lowest BCUT2D eigenvalue weighted by Crippen LogP contribution is -2.35. The zero-order valence-corrected chi connectivity index (χ0v) is 8.35. The second-order valence-corrected chi connectivity index (χ2v) is 2.47. The van der Waals surface area contributed by atoms with Crippen molar-refractivity contribution < 1.29 is 9.53 Å². The van der Waals surface area contributed by atoms with Crippen LogP contribution in [0.4, 0.5) is 4.79 Å². The molecule has 0 aliphatic rings. The molecule has 3 N–H and O–H groups in total. The van der Waals surface area contributed by atoms with Crippen LogP contribution in [0.5, 0.6) is 0 Å². The number of hydrogen-bond donors (Lipinski definition) is 3. The molecule has 0 aromatic carbocycles. The quantitative estimate of drug-likeness (QED) is 0.475. The second-order valence-electron chi connectivity index (χ2n) is 2.47. The van der Waals surface area contributed by atoms with Crippen LogP contribution in [0.3, 0.4) is 0 Å². The van der Waals surface area contributed by atoms with E-state index in [9.17, 15) is 4.79 Å². The largest absolute Gasteiger partial charge is 0.378 e. The van der Waals surface area contributed by atoms with Crippen LogP contribution in [-0.4, -0.2) is 45.9 Å². The fraction of sp³-hybridized carbons (Fsp3) is 0.875. The first kappa shape index (κ1) is 12.2. The molecule has 78 valence electrons. The van der Waals surface area contributed by atoms with Crippen molar-refractivity contribution in [3.63, 3.8) is 0 Å². The number of amides is 2. The molecule has 0 atom stereocenters. The average Bonchev–Trinajstić information content (AvgIpc) is 2.16. The van der Waals surface area contributed by atoms with E-state index in [4.69, 9.17) is 4.74 Å². The minimum Gasteiger partial charge on any atom is -0.378 e. The lowest BCUT2D eigenvalue weighted by molar-refractivity contribution is 0.138. The van der Waals surface area contributed by atoms with E-state index in [1.165, 1.54) is 0 Å². The molecule has 0 bridgehead atoms. The van der Waals surface area contributed by atoms with Crippen molar-refractivity contribution in [1.82, 2.24) is 16.0 Å². The maximum atomic E-state index is 10.7. The van der Waals surface area contributed by atoms with Crippen molar-refractivity contribution in [3.8, 4) is 0 Å². The smallest absolute Gasteiger partial charge is 0.314 e. The van der Waals surface area contributed by atoms with Crippen LogP contribution in [0, 0.1) is 0 Å². The van der Waals surface area contributed by atoms with Crippen LogP contribution in [0.1, 0.15) is 6.92 Å². The van der Waals surface area contributed by atoms with Gasteiger partial charge in [-0.2, -0.15) is 0 Å². The third kappa shape index (κ3) is 9.10. The van der Waals surface area contributed by atoms with Gasteiger partial charge in [-0.15, -0.1) is 0 Å². The highest BCUT2D eigenvalue weighted by Crippen LogP contribution is 1.72. The molecular weight excluding hydrogens is 170 g/mol. The molecule has 2 amide bonds. The minimum absolute atomic E-state index is 0.171. The number of likely N-dealkylation sites (N-methyl/N-ethyl adjacent to an activating group) is 1. The van der Waals surface area contributed by atoms with Gasteiger partial charge in [0.15, 0.2) is 0 Å². The van der Waals surface area contributed by atoms with Gasteiger partial charge in [0.2, 0.25) is 0 Å². The van der Waals surface area contributed by atoms with Crippen molar-refractivity contribution in [3.05, 3.63) is 0 Å². The molecule has 0 radical (unpaired) electrons. The molecule has 0 aromatic rings. The Morgan fingerprint density at radius 3 is 2.62 bits per heavy atom. The predicted octanol–water partition coefficient (Wildman–Crippen LogP) is -0.458. The second kappa shape index (κ2) is 9.28. The fourth-order valence-electron chi connectivity index (χ4n) is 0.748. The van der Waals surface area contributed by atoms with Crippen molar-refractivity contribution in [2.45, 2.75) is 6.92 Å². The Morgan fingerprint density at radius 1 is 1.31 bits per heavy atom. The molecule has 0 spiro atoms. The van der Waals surface area contributed by atoms with Crippen LogP contribution in [0.15, 0.2) is 0 Å². The van der Waals surface area contributed by atoms with Gasteiger partial charge in [0.1, 0.15) is 0 Å². The molecule has 5 heteroatoms. The van der Waals surface area contributed by atoms with Crippen LogP contribution < -0.4 is 16.0 Å². The Bertz CT molecular complexity index is 131. The third-order valence-corrected chi connectivity index (χ3v) is 1.43. The Kier molecular flexibility index (Phi) is 8.70. The van der Waals surface area contributed by atoms with Crippen molar-refractivity contribution >= 4 is 6.03 Å². The molecule has 0 aliphatic carbocycles. The predicted molar refractivity (Wildman–Crippen MR) is 51.8 cm³/mol. The molecule has 0 aromatic heterocycles. The summed E-state index contributed by atoms with van der Waals surface area (Å²) in [6, 6.07) is -0.171. The summed E-state index contributed by atoms with van der Waals surface area (Å²) < 4.78 is 5.23. The van der Waals surface area contributed by atoms with Crippen LogP contribution in [0.2, 0.25) is 0 Å². The third-order valence-electron chi connectivity index (χ3n) is 1.43. The molecule has 0 fully saturated rings. The van der Waals surface area contributed by atoms with Gasteiger partial charge in [0.25, 0.3) is 0 Å². The molecule has 0 saturated heterocycles. The summed E-state index contributed by atoms with van der Waals surface area (Å²) >= 11 is 0. The lowest BCUT2D eigenvalue weighted by atomic mass is 10.6. The first-order chi connectivity index (χ1) is 6.31. The van der Waals surface area contributed by atoms with Crippen LogP contribution >= 0.6 is 0 Å². The van der Waals surface area contributed by atoms with E-state index in [0.29, 0.717) is 19.8 Å². The van der Waals surface area contributed by atoms with E-state index in [0.717, 1.165) is 13.1 Å². The number of ether oxygens (including phenoxy) is 1. The molecule has 0 rings (SSSR count). The van der Waals surface area contributed by atoms with Crippen molar-refractivity contribution in [2.24, 2.45) is 0 Å². The van der Waals surface area contributed by atoms with E-state index >= 15 is 0 Å². The molecule has 13 heavy (non-hydrogen) atoms. The maximum absolute atomic E-state index is 10.7. The van der Waals surface area contributed by atoms with Gasteiger partial charge in [-0.05, 0) is 6.54 Å². The van der Waals surface area contributed by atoms with Crippen molar-refractivity contribution in [2.75, 3.05) is 39.9 Å². The number of carbonyl (C=O) groups excluding carboxylic acids is 1. The van der Waals surface area contributed by atoms with Gasteiger partial charge in [0, 0.05) is 20.1 Å². The normalized spacial score (nSPS) is 9.69. The summed E-state index contributed by atoms with van der Waals surface area (Å²) in [6.45, 7) is 5.65. The van der Waals surface area contributed by atoms with Crippen molar-refractivity contribution in [1.29, 1.82) is 0 Å². The summed E-state index contributed by atoms with van der Waals surface area (Å²) in [6.07, 6.45) is 0. The first-order valence-electron chi connectivity index (χ1n) is 4.55. The molecule has 0 saturated carbocycles. The molecule has 5 nitrogen and oxygen atoms in total. The van der Waals surface area contributed by atoms with E-state index in [1.807, 2.05) is 6.92 Å². The number of hydrogen-bond acceptors (Lipinski definition) is 3. The Balaban J connectivity index is 2.95. The van der Waals surface area contributed by atoms with Gasteiger partial charge in [-0.3, -0.25) is 0 Å². The first-order valence-corrected chi connectivity index (χ1v) is 4.55. The highest BCUT2D eigenvalue weighted by molar-refractivity contribution is 5.73. The number of carbonyl (C=O) groups is 1. The van der Waals surface area contributed by atoms with Gasteiger partial charge >= 0.3 is 6.03 Å². The monoisotopic (exact) mass is 189 g/mol. The van der Waals surface area contributed by atoms with Gasteiger partial charge in [-0.25, -0.2) is 4.79 Å². The lowest BCUT2D eigenvalue weighted by Gasteiger charge is -2.05. The zero-order chi connectivity index (χ0) is 9.94. The SMILES string of the molecule is CCNCCOCCNC(=O)NC. The Morgan fingerprint density at radius 2 is 2.00 bits per heavy atom. The van der Waals surface area contributed by atoms with Crippen LogP contribution in [0.25, 0.3) is 0 Å². The van der Waals surface area contributed by atoms with Gasteiger partial charge < -0.3 is 20.7 Å². The highest BCUT2D eigenvalue weighted by Gasteiger charge is 1.93. The average molecular weight is 189 g/mol. The Hall–Kier alpha value is -0.810. The van der Waals surface area contributed by atoms with Gasteiger partial charge in [-0.1, -0.05) is 6.92 Å². The number of rotatable bonds is 7. The molecule has 0 heterocycles. The van der Waals surface area contributed by atoms with Gasteiger partial charge in [0.05, 0.1) is 13.2 Å². The minimum atomic E-state index is -0.171. The topological polar surface area (TPSA) is 62.4 Å². The molecular formula is C8H19N3O2. The highest BCUT2D eigenvalue weighted by atomic mass is 16.5. The summed E-state index contributed by atoms with van der Waals surface area (Å²) in [7, 11) is 1.58. The number of nitrogens with one attached hydrogen (secondary N) is 3. The fourth-order valence-corrected chi connectivity index (χ4v) is 0.748. The van der Waals surface area contributed by atoms with E-state index < -0.39 is 0 Å². The number of urea groups is 1. The molecule has 0 aliphatic heterocycles. The summed E-state index contributed by atoms with van der Waals surface area (Å²) in [5.74, 6) is 0. The Labute approximate surface area is 79.2 Å². The maximum Gasteiger partial charge on any atom is 0.314 e. The van der Waals surface area contributed by atoms with E-state index in [1.54, 1.807) is 7.05 Å². The van der Waals surface area contributed by atoms with E-state index in [-0.39, 0.29) is 6.03 Å². The van der Waals surface area contributed by atoms with E-state index in [2.05, 4.69) is 16.0 Å². The summed E-state index contributed by atoms with van der Waals surface area (Å²) in [5, 5.41) is 8.22. The molecule has 0 unspecified atom stereocenters. The zero-order valence-electron chi connectivity index (χ0n) is 8.35. The standard InChI is InChI=1S/C8H19N3O2/c1-3-10-4-6-13-7-5-11-8(12)9-2/h10H,3-7H2,1-2H3,(H2,9,11,12). The van der Waals surface area contributed by atoms with Crippen LogP contribution in [-0.2, 0) is 4.74 Å². The summed E-state index contributed by atoms with van der Waals surface area (Å²) in [4.78, 5) is 10.7.